The Hall–Kier alpha value is -2.30. The zero-order chi connectivity index (χ0) is 12.3. The first-order valence-electron chi connectivity index (χ1n) is 4.06. The summed E-state index contributed by atoms with van der Waals surface area (Å²) in [5, 5.41) is 18.9. The zero-order valence-corrected chi connectivity index (χ0v) is 7.85. The van der Waals surface area contributed by atoms with E-state index in [1.165, 1.54) is 0 Å². The molecule has 0 bridgehead atoms. The summed E-state index contributed by atoms with van der Waals surface area (Å²) in [6.45, 7) is 0. The van der Waals surface area contributed by atoms with Crippen molar-refractivity contribution >= 4 is 11.6 Å². The van der Waals surface area contributed by atoms with Gasteiger partial charge in [0.05, 0.1) is 23.6 Å². The van der Waals surface area contributed by atoms with Gasteiger partial charge in [-0.05, 0) is 16.0 Å². The van der Waals surface area contributed by atoms with Gasteiger partial charge in [0.2, 0.25) is 5.82 Å². The molecule has 16 heavy (non-hydrogen) atoms. The highest BCUT2D eigenvalue weighted by Gasteiger charge is 2.24. The zero-order valence-electron chi connectivity index (χ0n) is 7.85. The number of halogens is 2. The monoisotopic (exact) mass is 228 g/mol. The smallest absolute Gasteiger partial charge is 0.362 e. The summed E-state index contributed by atoms with van der Waals surface area (Å²) >= 11 is 0. The van der Waals surface area contributed by atoms with Crippen LogP contribution in [-0.4, -0.2) is 9.91 Å². The molecule has 0 fully saturated rings. The molecular formula is C8H6F2N4O2. The van der Waals surface area contributed by atoms with E-state index >= 15 is 0 Å². The highest BCUT2D eigenvalue weighted by atomic mass is 19.3. The molecule has 0 spiro atoms. The van der Waals surface area contributed by atoms with Crippen LogP contribution in [0.4, 0.5) is 20.4 Å². The third-order valence-electron chi connectivity index (χ3n) is 1.82. The van der Waals surface area contributed by atoms with E-state index in [2.05, 4.69) is 4.98 Å². The third kappa shape index (κ3) is 2.20. The number of nitrogen functional groups attached to an aromatic ring is 1. The lowest BCUT2D eigenvalue weighted by Crippen LogP contribution is -2.05. The van der Waals surface area contributed by atoms with Crippen LogP contribution in [0.15, 0.2) is 6.07 Å². The Morgan fingerprint density at radius 2 is 2.31 bits per heavy atom. The first-order valence-corrected chi connectivity index (χ1v) is 4.06. The Balaban J connectivity index is 3.38. The molecule has 0 aromatic carbocycles. The van der Waals surface area contributed by atoms with Crippen molar-refractivity contribution in [3.63, 3.8) is 0 Å². The van der Waals surface area contributed by atoms with Gasteiger partial charge in [0.15, 0.2) is 0 Å². The lowest BCUT2D eigenvalue weighted by Gasteiger charge is -2.03. The number of alkyl halides is 2. The minimum Gasteiger partial charge on any atom is -0.362 e. The second-order valence-electron chi connectivity index (χ2n) is 2.84. The van der Waals surface area contributed by atoms with Gasteiger partial charge in [-0.25, -0.2) is 8.78 Å². The van der Waals surface area contributed by atoms with Gasteiger partial charge >= 0.3 is 5.82 Å². The number of hydrogen-bond donors (Lipinski definition) is 1. The minimum atomic E-state index is -2.88. The number of rotatable bonds is 3. The molecule has 0 aliphatic carbocycles. The second kappa shape index (κ2) is 4.48. The van der Waals surface area contributed by atoms with Gasteiger partial charge < -0.3 is 15.8 Å². The number of nitrogens with two attached hydrogens (primary N) is 1. The van der Waals surface area contributed by atoms with Gasteiger partial charge in [0.1, 0.15) is 0 Å². The van der Waals surface area contributed by atoms with Crippen LogP contribution >= 0.6 is 0 Å². The molecular weight excluding hydrogens is 222 g/mol. The van der Waals surface area contributed by atoms with Crippen LogP contribution in [0.25, 0.3) is 0 Å². The molecule has 1 aromatic heterocycles. The van der Waals surface area contributed by atoms with E-state index in [9.17, 15) is 18.9 Å². The molecule has 0 amide bonds. The summed E-state index contributed by atoms with van der Waals surface area (Å²) in [6, 6.07) is 2.48. The Kier molecular flexibility index (Phi) is 3.30. The van der Waals surface area contributed by atoms with Gasteiger partial charge in [-0.1, -0.05) is 0 Å². The quantitative estimate of drug-likeness (QED) is 0.624. The fraction of sp³-hybridized carbons (Fsp3) is 0.250. The summed E-state index contributed by atoms with van der Waals surface area (Å²) in [6.07, 6.45) is -3.26. The number of aromatic nitrogens is 1. The molecule has 1 aromatic rings. The van der Waals surface area contributed by atoms with E-state index < -0.39 is 28.5 Å². The molecule has 2 N–H and O–H groups in total. The molecule has 1 heterocycles. The number of anilines is 1. The number of nitriles is 1. The van der Waals surface area contributed by atoms with E-state index in [1.807, 2.05) is 0 Å². The third-order valence-corrected chi connectivity index (χ3v) is 1.82. The lowest BCUT2D eigenvalue weighted by molar-refractivity contribution is -0.390. The molecule has 8 heteroatoms. The molecule has 0 saturated heterocycles. The van der Waals surface area contributed by atoms with Gasteiger partial charge in [0, 0.05) is 0 Å². The number of pyridine rings is 1. The normalized spacial score (nSPS) is 10.1. The second-order valence-corrected chi connectivity index (χ2v) is 2.84. The maximum absolute atomic E-state index is 12.4. The maximum Gasteiger partial charge on any atom is 0.370 e. The van der Waals surface area contributed by atoms with E-state index in [-0.39, 0.29) is 12.0 Å². The van der Waals surface area contributed by atoms with Crippen molar-refractivity contribution in [3.8, 4) is 6.07 Å². The van der Waals surface area contributed by atoms with Gasteiger partial charge in [-0.3, -0.25) is 0 Å². The standard InChI is InChI=1S/C8H6F2N4O2/c9-6(10)5-3-4(1-2-11)8(14(15)16)13-7(5)12/h3,6H,1H2,(H2,12,13). The topological polar surface area (TPSA) is 106 Å². The molecule has 6 nitrogen and oxygen atoms in total. The first-order chi connectivity index (χ1) is 7.47. The van der Waals surface area contributed by atoms with Crippen molar-refractivity contribution in [1.82, 2.24) is 4.98 Å². The van der Waals surface area contributed by atoms with Crippen molar-refractivity contribution < 1.29 is 13.7 Å². The van der Waals surface area contributed by atoms with Crippen LogP contribution in [0, 0.1) is 21.4 Å². The van der Waals surface area contributed by atoms with Crippen LogP contribution in [-0.2, 0) is 6.42 Å². The molecule has 1 rings (SSSR count). The summed E-state index contributed by atoms with van der Waals surface area (Å²) in [7, 11) is 0. The summed E-state index contributed by atoms with van der Waals surface area (Å²) in [5.74, 6) is -1.26. The van der Waals surface area contributed by atoms with Crippen LogP contribution < -0.4 is 5.73 Å². The van der Waals surface area contributed by atoms with Crippen LogP contribution in [0.2, 0.25) is 0 Å². The van der Waals surface area contributed by atoms with Crippen molar-refractivity contribution in [2.24, 2.45) is 0 Å². The van der Waals surface area contributed by atoms with E-state index in [4.69, 9.17) is 11.0 Å². The molecule has 0 aliphatic heterocycles. The van der Waals surface area contributed by atoms with Crippen LogP contribution in [0.3, 0.4) is 0 Å². The average molecular weight is 228 g/mol. The van der Waals surface area contributed by atoms with Crippen molar-refractivity contribution in [2.45, 2.75) is 12.8 Å². The minimum absolute atomic E-state index is 0.169. The summed E-state index contributed by atoms with van der Waals surface area (Å²) in [5.41, 5.74) is 4.38. The predicted octanol–water partition coefficient (Wildman–Crippen LogP) is 1.58. The first kappa shape index (κ1) is 11.8. The predicted molar refractivity (Wildman–Crippen MR) is 49.6 cm³/mol. The SMILES string of the molecule is N#CCc1cc(C(F)F)c(N)nc1[N+](=O)[O-]. The lowest BCUT2D eigenvalue weighted by atomic mass is 10.1. The van der Waals surface area contributed by atoms with Crippen LogP contribution in [0.1, 0.15) is 17.6 Å². The fourth-order valence-corrected chi connectivity index (χ4v) is 1.12. The fourth-order valence-electron chi connectivity index (χ4n) is 1.12. The molecule has 84 valence electrons. The van der Waals surface area contributed by atoms with Crippen molar-refractivity contribution in [2.75, 3.05) is 5.73 Å². The average Bonchev–Trinajstić information content (AvgIpc) is 2.19. The number of nitro groups is 1. The van der Waals surface area contributed by atoms with Gasteiger partial charge in [0.25, 0.3) is 6.43 Å². The molecule has 0 aliphatic rings. The van der Waals surface area contributed by atoms with Crippen molar-refractivity contribution in [1.29, 1.82) is 5.26 Å². The molecule has 0 unspecified atom stereocenters. The Morgan fingerprint density at radius 1 is 1.69 bits per heavy atom. The molecule has 0 saturated carbocycles. The molecule has 0 radical (unpaired) electrons. The largest absolute Gasteiger partial charge is 0.370 e. The Labute approximate surface area is 88.5 Å². The summed E-state index contributed by atoms with van der Waals surface area (Å²) < 4.78 is 24.8. The van der Waals surface area contributed by atoms with Crippen molar-refractivity contribution in [3.05, 3.63) is 27.3 Å². The summed E-state index contributed by atoms with van der Waals surface area (Å²) in [4.78, 5) is 12.9. The van der Waals surface area contributed by atoms with Gasteiger partial charge in [-0.2, -0.15) is 5.26 Å². The van der Waals surface area contributed by atoms with E-state index in [0.29, 0.717) is 0 Å². The van der Waals surface area contributed by atoms with Crippen LogP contribution in [0.5, 0.6) is 0 Å². The Bertz CT molecular complexity index is 470. The highest BCUT2D eigenvalue weighted by molar-refractivity contribution is 5.50. The number of nitrogens with zero attached hydrogens (tertiary/aromatic N) is 3. The van der Waals surface area contributed by atoms with E-state index in [1.54, 1.807) is 6.07 Å². The Morgan fingerprint density at radius 3 is 2.75 bits per heavy atom. The molecule has 0 atom stereocenters. The highest BCUT2D eigenvalue weighted by Crippen LogP contribution is 2.28. The number of hydrogen-bond acceptors (Lipinski definition) is 5. The van der Waals surface area contributed by atoms with E-state index in [0.717, 1.165) is 6.07 Å². The maximum atomic E-state index is 12.4. The van der Waals surface area contributed by atoms with Gasteiger partial charge in [-0.15, -0.1) is 0 Å².